The number of hydrogen-bond acceptors (Lipinski definition) is 2. The highest BCUT2D eigenvalue weighted by atomic mass is 35.5. The number of hydrogen-bond donors (Lipinski definition) is 2. The van der Waals surface area contributed by atoms with E-state index in [0.29, 0.717) is 12.1 Å². The van der Waals surface area contributed by atoms with Crippen molar-refractivity contribution < 1.29 is 9.18 Å². The fourth-order valence-corrected chi connectivity index (χ4v) is 1.70. The minimum absolute atomic E-state index is 0.102. The van der Waals surface area contributed by atoms with Crippen LogP contribution in [-0.2, 0) is 4.79 Å². The number of nitrogens with two attached hydrogens (primary N) is 1. The van der Waals surface area contributed by atoms with Crippen molar-refractivity contribution in [1.82, 2.24) is 0 Å². The molecule has 0 aromatic heterocycles. The first-order chi connectivity index (χ1) is 7.45. The van der Waals surface area contributed by atoms with E-state index in [4.69, 9.17) is 28.9 Å². The van der Waals surface area contributed by atoms with Gasteiger partial charge < -0.3 is 11.1 Å². The Kier molecular flexibility index (Phi) is 4.38. The normalized spacial score (nSPS) is 12.2. The first kappa shape index (κ1) is 13.1. The maximum atomic E-state index is 13.1. The summed E-state index contributed by atoms with van der Waals surface area (Å²) >= 11 is 11.2. The molecule has 0 radical (unpaired) electrons. The number of halogens is 3. The van der Waals surface area contributed by atoms with Crippen LogP contribution in [0.2, 0.25) is 10.0 Å². The van der Waals surface area contributed by atoms with Crippen molar-refractivity contribution in [3.05, 3.63) is 28.0 Å². The maximum absolute atomic E-state index is 13.1. The number of primary amides is 1. The van der Waals surface area contributed by atoms with E-state index in [1.165, 1.54) is 12.1 Å². The van der Waals surface area contributed by atoms with Gasteiger partial charge in [-0.1, -0.05) is 30.1 Å². The van der Waals surface area contributed by atoms with Gasteiger partial charge in [0, 0.05) is 5.69 Å². The van der Waals surface area contributed by atoms with Gasteiger partial charge in [0.25, 0.3) is 0 Å². The molecule has 0 saturated heterocycles. The average molecular weight is 265 g/mol. The van der Waals surface area contributed by atoms with Gasteiger partial charge in [-0.05, 0) is 18.6 Å². The third-order valence-corrected chi connectivity index (χ3v) is 2.63. The van der Waals surface area contributed by atoms with Gasteiger partial charge in [-0.25, -0.2) is 4.39 Å². The molecule has 0 spiro atoms. The molecule has 3 nitrogen and oxygen atoms in total. The Labute approximate surface area is 103 Å². The van der Waals surface area contributed by atoms with Crippen molar-refractivity contribution in [3.63, 3.8) is 0 Å². The SMILES string of the molecule is CCC(Nc1cc(Cl)c(F)c(Cl)c1)C(N)=O. The second kappa shape index (κ2) is 5.37. The van der Waals surface area contributed by atoms with E-state index in [2.05, 4.69) is 5.32 Å². The van der Waals surface area contributed by atoms with Gasteiger partial charge >= 0.3 is 0 Å². The molecule has 0 aliphatic rings. The summed E-state index contributed by atoms with van der Waals surface area (Å²) < 4.78 is 13.1. The summed E-state index contributed by atoms with van der Waals surface area (Å²) in [5, 5.41) is 2.62. The van der Waals surface area contributed by atoms with Crippen LogP contribution in [0, 0.1) is 5.82 Å². The zero-order chi connectivity index (χ0) is 12.3. The fraction of sp³-hybridized carbons (Fsp3) is 0.300. The summed E-state index contributed by atoms with van der Waals surface area (Å²) in [7, 11) is 0. The van der Waals surface area contributed by atoms with Crippen LogP contribution < -0.4 is 11.1 Å². The quantitative estimate of drug-likeness (QED) is 0.822. The monoisotopic (exact) mass is 264 g/mol. The molecule has 1 aromatic rings. The van der Waals surface area contributed by atoms with E-state index in [9.17, 15) is 9.18 Å². The van der Waals surface area contributed by atoms with E-state index >= 15 is 0 Å². The first-order valence-electron chi connectivity index (χ1n) is 4.66. The number of benzene rings is 1. The predicted octanol–water partition coefficient (Wildman–Crippen LogP) is 2.81. The van der Waals surface area contributed by atoms with E-state index < -0.39 is 17.8 Å². The van der Waals surface area contributed by atoms with Gasteiger partial charge in [0.1, 0.15) is 6.04 Å². The molecule has 1 unspecified atom stereocenters. The van der Waals surface area contributed by atoms with Gasteiger partial charge in [-0.3, -0.25) is 4.79 Å². The molecule has 1 amide bonds. The van der Waals surface area contributed by atoms with Crippen LogP contribution in [0.5, 0.6) is 0 Å². The van der Waals surface area contributed by atoms with Crippen molar-refractivity contribution in [3.8, 4) is 0 Å². The number of nitrogens with one attached hydrogen (secondary N) is 1. The molecule has 0 saturated carbocycles. The minimum atomic E-state index is -0.680. The maximum Gasteiger partial charge on any atom is 0.239 e. The third kappa shape index (κ3) is 3.00. The molecule has 0 heterocycles. The van der Waals surface area contributed by atoms with Crippen LogP contribution in [0.15, 0.2) is 12.1 Å². The Hall–Kier alpha value is -1.00. The van der Waals surface area contributed by atoms with Crippen LogP contribution in [0.3, 0.4) is 0 Å². The number of amides is 1. The number of carbonyl (C=O) groups is 1. The summed E-state index contributed by atoms with van der Waals surface area (Å²) in [5.41, 5.74) is 5.62. The number of anilines is 1. The summed E-state index contributed by atoms with van der Waals surface area (Å²) in [4.78, 5) is 11.0. The van der Waals surface area contributed by atoms with E-state index in [0.717, 1.165) is 0 Å². The summed E-state index contributed by atoms with van der Waals surface area (Å²) in [6.07, 6.45) is 0.516. The lowest BCUT2D eigenvalue weighted by Crippen LogP contribution is -2.34. The lowest BCUT2D eigenvalue weighted by Gasteiger charge is -2.15. The Morgan fingerprint density at radius 2 is 2.00 bits per heavy atom. The highest BCUT2D eigenvalue weighted by Crippen LogP contribution is 2.27. The molecule has 0 aliphatic carbocycles. The molecule has 3 N–H and O–H groups in total. The van der Waals surface area contributed by atoms with Crippen LogP contribution in [0.1, 0.15) is 13.3 Å². The van der Waals surface area contributed by atoms with E-state index in [1.807, 2.05) is 0 Å². The lowest BCUT2D eigenvalue weighted by molar-refractivity contribution is -0.118. The predicted molar refractivity (Wildman–Crippen MR) is 63.3 cm³/mol. The molecule has 1 aromatic carbocycles. The number of carbonyl (C=O) groups excluding carboxylic acids is 1. The standard InChI is InChI=1S/C10H11Cl2FN2O/c1-2-8(10(14)16)15-5-3-6(11)9(13)7(12)4-5/h3-4,8,15H,2H2,1H3,(H2,14,16). The first-order valence-corrected chi connectivity index (χ1v) is 5.41. The van der Waals surface area contributed by atoms with Gasteiger partial charge in [0.15, 0.2) is 5.82 Å². The van der Waals surface area contributed by atoms with E-state index in [-0.39, 0.29) is 10.0 Å². The summed E-state index contributed by atoms with van der Waals surface area (Å²) in [6, 6.07) is 2.18. The molecule has 0 fully saturated rings. The van der Waals surface area contributed by atoms with Gasteiger partial charge in [-0.2, -0.15) is 0 Å². The molecular weight excluding hydrogens is 254 g/mol. The topological polar surface area (TPSA) is 55.1 Å². The van der Waals surface area contributed by atoms with Crippen LogP contribution in [0.4, 0.5) is 10.1 Å². The van der Waals surface area contributed by atoms with Gasteiger partial charge in [-0.15, -0.1) is 0 Å². The molecule has 6 heteroatoms. The zero-order valence-corrected chi connectivity index (χ0v) is 10.1. The largest absolute Gasteiger partial charge is 0.374 e. The Morgan fingerprint density at radius 3 is 2.38 bits per heavy atom. The molecule has 0 bridgehead atoms. The second-order valence-corrected chi connectivity index (χ2v) is 4.08. The van der Waals surface area contributed by atoms with Crippen LogP contribution >= 0.6 is 23.2 Å². The van der Waals surface area contributed by atoms with Crippen molar-refractivity contribution in [2.24, 2.45) is 5.73 Å². The van der Waals surface area contributed by atoms with Gasteiger partial charge in [0.05, 0.1) is 10.0 Å². The van der Waals surface area contributed by atoms with Crippen molar-refractivity contribution in [2.75, 3.05) is 5.32 Å². The zero-order valence-electron chi connectivity index (χ0n) is 8.56. The molecule has 1 atom stereocenters. The molecule has 1 rings (SSSR count). The highest BCUT2D eigenvalue weighted by molar-refractivity contribution is 6.35. The minimum Gasteiger partial charge on any atom is -0.374 e. The highest BCUT2D eigenvalue weighted by Gasteiger charge is 2.14. The molecule has 0 aliphatic heterocycles. The Bertz CT molecular complexity index is 389. The van der Waals surface area contributed by atoms with Gasteiger partial charge in [0.2, 0.25) is 5.91 Å². The van der Waals surface area contributed by atoms with Crippen molar-refractivity contribution in [2.45, 2.75) is 19.4 Å². The lowest BCUT2D eigenvalue weighted by atomic mass is 10.2. The summed E-state index contributed by atoms with van der Waals surface area (Å²) in [6.45, 7) is 1.80. The number of rotatable bonds is 4. The van der Waals surface area contributed by atoms with Crippen LogP contribution in [0.25, 0.3) is 0 Å². The molecular formula is C10H11Cl2FN2O. The second-order valence-electron chi connectivity index (χ2n) is 3.26. The summed E-state index contributed by atoms with van der Waals surface area (Å²) in [5.74, 6) is -1.17. The Morgan fingerprint density at radius 1 is 1.50 bits per heavy atom. The molecule has 88 valence electrons. The third-order valence-electron chi connectivity index (χ3n) is 2.08. The van der Waals surface area contributed by atoms with Crippen LogP contribution in [-0.4, -0.2) is 11.9 Å². The average Bonchev–Trinajstić information content (AvgIpc) is 2.21. The van der Waals surface area contributed by atoms with Crippen molar-refractivity contribution in [1.29, 1.82) is 0 Å². The smallest absolute Gasteiger partial charge is 0.239 e. The fourth-order valence-electron chi connectivity index (χ4n) is 1.21. The Balaban J connectivity index is 2.93. The van der Waals surface area contributed by atoms with E-state index in [1.54, 1.807) is 6.92 Å². The van der Waals surface area contributed by atoms with Crippen molar-refractivity contribution >= 4 is 34.8 Å². The molecule has 16 heavy (non-hydrogen) atoms.